The first-order chi connectivity index (χ1) is 14.4. The molecule has 2 rings (SSSR count). The average molecular weight is 415 g/mol. The summed E-state index contributed by atoms with van der Waals surface area (Å²) in [5, 5.41) is 9.96. The van der Waals surface area contributed by atoms with Gasteiger partial charge in [-0.3, -0.25) is 4.79 Å². The van der Waals surface area contributed by atoms with Crippen LogP contribution in [-0.4, -0.2) is 51.9 Å². The predicted octanol–water partition coefficient (Wildman–Crippen LogP) is 2.26. The quantitative estimate of drug-likeness (QED) is 0.398. The Balaban J connectivity index is 2.42. The van der Waals surface area contributed by atoms with Gasteiger partial charge in [-0.2, -0.15) is 5.11 Å². The Hall–Kier alpha value is -3.95. The second-order valence-electron chi connectivity index (χ2n) is 5.77. The molecule has 30 heavy (non-hydrogen) atoms. The van der Waals surface area contributed by atoms with Gasteiger partial charge in [-0.15, -0.1) is 5.11 Å². The van der Waals surface area contributed by atoms with Gasteiger partial charge in [-0.05, 0) is 48.5 Å². The van der Waals surface area contributed by atoms with E-state index in [1.165, 1.54) is 26.4 Å². The molecule has 0 saturated heterocycles. The molecule has 0 atom stereocenters. The van der Waals surface area contributed by atoms with Gasteiger partial charge in [0.1, 0.15) is 11.5 Å². The van der Waals surface area contributed by atoms with Gasteiger partial charge in [-0.25, -0.2) is 9.59 Å². The van der Waals surface area contributed by atoms with Crippen LogP contribution < -0.4 is 14.8 Å². The third-order valence-electron chi connectivity index (χ3n) is 4.00. The van der Waals surface area contributed by atoms with E-state index in [2.05, 4.69) is 25.0 Å². The highest BCUT2D eigenvalue weighted by atomic mass is 16.6. The molecule has 0 spiro atoms. The lowest BCUT2D eigenvalue weighted by molar-refractivity contribution is -0.162. The third kappa shape index (κ3) is 4.90. The van der Waals surface area contributed by atoms with Crippen LogP contribution in [0, 0.1) is 0 Å². The van der Waals surface area contributed by atoms with Gasteiger partial charge >= 0.3 is 17.6 Å². The van der Waals surface area contributed by atoms with Crippen molar-refractivity contribution >= 4 is 23.5 Å². The van der Waals surface area contributed by atoms with E-state index in [4.69, 9.17) is 9.47 Å². The molecule has 0 aromatic heterocycles. The second kappa shape index (κ2) is 10.0. The van der Waals surface area contributed by atoms with E-state index in [-0.39, 0.29) is 5.56 Å². The number of amides is 1. The zero-order chi connectivity index (χ0) is 22.1. The summed E-state index contributed by atoms with van der Waals surface area (Å²) in [6.45, 7) is 0. The molecular weight excluding hydrogens is 394 g/mol. The number of ether oxygens (including phenoxy) is 4. The molecule has 10 nitrogen and oxygen atoms in total. The maximum Gasteiger partial charge on any atom is 0.368 e. The maximum atomic E-state index is 12.7. The van der Waals surface area contributed by atoms with Gasteiger partial charge in [0.2, 0.25) is 0 Å². The number of nitrogens with one attached hydrogen (secondary N) is 1. The van der Waals surface area contributed by atoms with Crippen molar-refractivity contribution in [2.45, 2.75) is 5.66 Å². The fourth-order valence-electron chi connectivity index (χ4n) is 2.35. The first-order valence-electron chi connectivity index (χ1n) is 8.60. The first kappa shape index (κ1) is 22.3. The fourth-order valence-corrected chi connectivity index (χ4v) is 2.35. The molecule has 0 radical (unpaired) electrons. The molecule has 1 N–H and O–H groups in total. The molecule has 0 aliphatic carbocycles. The molecule has 0 fully saturated rings. The van der Waals surface area contributed by atoms with Crippen molar-refractivity contribution in [1.29, 1.82) is 0 Å². The molecule has 2 aromatic rings. The van der Waals surface area contributed by atoms with E-state index < -0.39 is 23.5 Å². The molecule has 0 saturated carbocycles. The van der Waals surface area contributed by atoms with Crippen molar-refractivity contribution in [3.8, 4) is 11.5 Å². The standard InChI is InChI=1S/C20H21N3O7/c1-27-15-9-5-13(6-10-15)17(24)21-20(18(25)29-3,19(26)30-4)23-22-14-7-11-16(28-2)12-8-14/h5-12H,1-4H3,(H,21,24). The zero-order valence-electron chi connectivity index (χ0n) is 16.9. The van der Waals surface area contributed by atoms with E-state index in [9.17, 15) is 14.4 Å². The van der Waals surface area contributed by atoms with Gasteiger partial charge in [-0.1, -0.05) is 0 Å². The number of hydrogen-bond acceptors (Lipinski definition) is 9. The number of carbonyl (C=O) groups excluding carboxylic acids is 3. The number of nitrogens with zero attached hydrogens (tertiary/aromatic N) is 2. The Bertz CT molecular complexity index is 908. The van der Waals surface area contributed by atoms with Gasteiger partial charge in [0.15, 0.2) is 0 Å². The Labute approximate surface area is 172 Å². The predicted molar refractivity (Wildman–Crippen MR) is 105 cm³/mol. The monoisotopic (exact) mass is 415 g/mol. The van der Waals surface area contributed by atoms with E-state index in [0.717, 1.165) is 14.2 Å². The van der Waals surface area contributed by atoms with Crippen molar-refractivity contribution in [3.05, 3.63) is 54.1 Å². The Morgan fingerprint density at radius 3 is 1.67 bits per heavy atom. The van der Waals surface area contributed by atoms with Crippen LogP contribution in [0.4, 0.5) is 5.69 Å². The molecule has 2 aromatic carbocycles. The van der Waals surface area contributed by atoms with Crippen LogP contribution >= 0.6 is 0 Å². The van der Waals surface area contributed by atoms with E-state index in [0.29, 0.717) is 17.2 Å². The van der Waals surface area contributed by atoms with Crippen LogP contribution in [0.5, 0.6) is 11.5 Å². The van der Waals surface area contributed by atoms with Gasteiger partial charge in [0.05, 0.1) is 34.1 Å². The minimum absolute atomic E-state index is 0.146. The smallest absolute Gasteiger partial charge is 0.368 e. The molecule has 0 aliphatic heterocycles. The molecule has 158 valence electrons. The summed E-state index contributed by atoms with van der Waals surface area (Å²) in [4.78, 5) is 37.7. The van der Waals surface area contributed by atoms with Gasteiger partial charge in [0, 0.05) is 5.56 Å². The van der Waals surface area contributed by atoms with Crippen molar-refractivity contribution in [2.75, 3.05) is 28.4 Å². The van der Waals surface area contributed by atoms with Crippen LogP contribution in [0.1, 0.15) is 10.4 Å². The van der Waals surface area contributed by atoms with E-state index >= 15 is 0 Å². The van der Waals surface area contributed by atoms with Crippen LogP contribution in [-0.2, 0) is 19.1 Å². The zero-order valence-corrected chi connectivity index (χ0v) is 16.9. The lowest BCUT2D eigenvalue weighted by atomic mass is 10.1. The summed E-state index contributed by atoms with van der Waals surface area (Å²) in [6, 6.07) is 12.3. The summed E-state index contributed by atoms with van der Waals surface area (Å²) < 4.78 is 19.5. The number of benzene rings is 2. The molecule has 1 amide bonds. The lowest BCUT2D eigenvalue weighted by Crippen LogP contribution is -2.59. The molecule has 10 heteroatoms. The normalized spacial score (nSPS) is 10.9. The summed E-state index contributed by atoms with van der Waals surface area (Å²) in [7, 11) is 5.07. The van der Waals surface area contributed by atoms with Crippen molar-refractivity contribution in [2.24, 2.45) is 10.2 Å². The Kier molecular flexibility index (Phi) is 7.45. The number of azo groups is 1. The largest absolute Gasteiger partial charge is 0.497 e. The fraction of sp³-hybridized carbons (Fsp3) is 0.250. The Morgan fingerprint density at radius 1 is 0.767 bits per heavy atom. The number of methoxy groups -OCH3 is 4. The Morgan fingerprint density at radius 2 is 1.23 bits per heavy atom. The maximum absolute atomic E-state index is 12.7. The first-order valence-corrected chi connectivity index (χ1v) is 8.60. The SMILES string of the molecule is COC(=O)C(N=Nc1ccc(OC)cc1)(NC(=O)c1ccc(OC)cc1)C(=O)OC. The molecule has 0 unspecified atom stereocenters. The third-order valence-corrected chi connectivity index (χ3v) is 4.00. The molecule has 0 bridgehead atoms. The summed E-state index contributed by atoms with van der Waals surface area (Å²) in [5.41, 5.74) is -2.10. The lowest BCUT2D eigenvalue weighted by Gasteiger charge is -2.24. The molecule has 0 aliphatic rings. The van der Waals surface area contributed by atoms with Crippen LogP contribution in [0.15, 0.2) is 58.8 Å². The molecular formula is C20H21N3O7. The highest BCUT2D eigenvalue weighted by Crippen LogP contribution is 2.22. The highest BCUT2D eigenvalue weighted by Gasteiger charge is 2.51. The summed E-state index contributed by atoms with van der Waals surface area (Å²) in [6.07, 6.45) is 0. The van der Waals surface area contributed by atoms with Crippen molar-refractivity contribution < 1.29 is 33.3 Å². The minimum Gasteiger partial charge on any atom is -0.497 e. The topological polar surface area (TPSA) is 125 Å². The van der Waals surface area contributed by atoms with Crippen molar-refractivity contribution in [3.63, 3.8) is 0 Å². The van der Waals surface area contributed by atoms with Gasteiger partial charge in [0.25, 0.3) is 5.91 Å². The number of hydrogen-bond donors (Lipinski definition) is 1. The number of esters is 2. The average Bonchev–Trinajstić information content (AvgIpc) is 2.80. The number of rotatable bonds is 8. The summed E-state index contributed by atoms with van der Waals surface area (Å²) in [5.74, 6) is -2.02. The van der Waals surface area contributed by atoms with Gasteiger partial charge < -0.3 is 24.3 Å². The van der Waals surface area contributed by atoms with E-state index in [1.54, 1.807) is 36.4 Å². The van der Waals surface area contributed by atoms with Crippen LogP contribution in [0.2, 0.25) is 0 Å². The van der Waals surface area contributed by atoms with Crippen molar-refractivity contribution in [1.82, 2.24) is 5.32 Å². The minimum atomic E-state index is -2.54. The number of carbonyl (C=O) groups is 3. The van der Waals surface area contributed by atoms with Crippen LogP contribution in [0.3, 0.4) is 0 Å². The highest BCUT2D eigenvalue weighted by molar-refractivity contribution is 6.09. The van der Waals surface area contributed by atoms with Crippen LogP contribution in [0.25, 0.3) is 0 Å². The van der Waals surface area contributed by atoms with E-state index in [1.807, 2.05) is 0 Å². The molecule has 0 heterocycles. The second-order valence-corrected chi connectivity index (χ2v) is 5.77. The summed E-state index contributed by atoms with van der Waals surface area (Å²) >= 11 is 0.